The Balaban J connectivity index is 2.74. The van der Waals surface area contributed by atoms with Crippen molar-refractivity contribution in [2.75, 3.05) is 24.6 Å². The number of benzene rings is 1. The lowest BCUT2D eigenvalue weighted by Crippen LogP contribution is -2.25. The Morgan fingerprint density at radius 3 is 2.58 bits per heavy atom. The van der Waals surface area contributed by atoms with Gasteiger partial charge in [0.25, 0.3) is 0 Å². The summed E-state index contributed by atoms with van der Waals surface area (Å²) in [6, 6.07) is 7.00. The monoisotopic (exact) mass is 269 g/mol. The maximum atomic E-state index is 13.5. The molecule has 0 bridgehead atoms. The number of carbonyl (C=O) groups is 1. The standard InChI is InChI=1S/C14H20FNO3/c1-4-16(5-2)11-8-7-9-12(10-11)19-13(15)14(17)18-6-3/h7-10,13H,4-6H2,1-3H3. The van der Waals surface area contributed by atoms with Gasteiger partial charge in [-0.05, 0) is 32.9 Å². The third-order valence-corrected chi connectivity index (χ3v) is 2.66. The molecular weight excluding hydrogens is 249 g/mol. The lowest BCUT2D eigenvalue weighted by atomic mass is 10.2. The van der Waals surface area contributed by atoms with E-state index in [0.29, 0.717) is 5.75 Å². The molecule has 1 unspecified atom stereocenters. The van der Waals surface area contributed by atoms with E-state index in [4.69, 9.17) is 4.74 Å². The summed E-state index contributed by atoms with van der Waals surface area (Å²) < 4.78 is 22.9. The van der Waals surface area contributed by atoms with Crippen molar-refractivity contribution in [3.8, 4) is 5.75 Å². The second kappa shape index (κ2) is 7.61. The number of rotatable bonds is 7. The van der Waals surface area contributed by atoms with Crippen molar-refractivity contribution < 1.29 is 18.7 Å². The van der Waals surface area contributed by atoms with Crippen molar-refractivity contribution in [2.45, 2.75) is 27.1 Å². The molecule has 1 aromatic carbocycles. The second-order valence-electron chi connectivity index (χ2n) is 3.86. The van der Waals surface area contributed by atoms with Crippen LogP contribution in [0.15, 0.2) is 24.3 Å². The van der Waals surface area contributed by atoms with Crippen molar-refractivity contribution >= 4 is 11.7 Å². The van der Waals surface area contributed by atoms with Crippen molar-refractivity contribution in [1.82, 2.24) is 0 Å². The Bertz CT molecular complexity index is 407. The zero-order valence-corrected chi connectivity index (χ0v) is 11.6. The van der Waals surface area contributed by atoms with Crippen LogP contribution in [0.4, 0.5) is 10.1 Å². The Kier molecular flexibility index (Phi) is 6.12. The maximum absolute atomic E-state index is 13.5. The van der Waals surface area contributed by atoms with Gasteiger partial charge < -0.3 is 14.4 Å². The topological polar surface area (TPSA) is 38.8 Å². The molecule has 0 spiro atoms. The molecular formula is C14H20FNO3. The van der Waals surface area contributed by atoms with Crippen LogP contribution < -0.4 is 9.64 Å². The SMILES string of the molecule is CCOC(=O)C(F)Oc1cccc(N(CC)CC)c1. The third-order valence-electron chi connectivity index (χ3n) is 2.66. The molecule has 0 saturated heterocycles. The highest BCUT2D eigenvalue weighted by molar-refractivity contribution is 5.73. The Morgan fingerprint density at radius 2 is 2.00 bits per heavy atom. The number of nitrogens with zero attached hydrogens (tertiary/aromatic N) is 1. The van der Waals surface area contributed by atoms with Gasteiger partial charge >= 0.3 is 12.3 Å². The molecule has 106 valence electrons. The molecule has 0 aliphatic heterocycles. The Morgan fingerprint density at radius 1 is 1.32 bits per heavy atom. The number of alkyl halides is 1. The van der Waals surface area contributed by atoms with Gasteiger partial charge in [0.05, 0.1) is 6.61 Å². The van der Waals surface area contributed by atoms with E-state index in [1.54, 1.807) is 25.1 Å². The molecule has 0 aliphatic rings. The summed E-state index contributed by atoms with van der Waals surface area (Å²) >= 11 is 0. The fraction of sp³-hybridized carbons (Fsp3) is 0.500. The van der Waals surface area contributed by atoms with Crippen molar-refractivity contribution in [3.63, 3.8) is 0 Å². The molecule has 1 atom stereocenters. The molecule has 0 N–H and O–H groups in total. The minimum atomic E-state index is -2.09. The number of carbonyl (C=O) groups excluding carboxylic acids is 1. The Hall–Kier alpha value is -1.78. The first-order chi connectivity index (χ1) is 9.12. The smallest absolute Gasteiger partial charge is 0.381 e. The van der Waals surface area contributed by atoms with Crippen molar-refractivity contribution in [1.29, 1.82) is 0 Å². The number of hydrogen-bond acceptors (Lipinski definition) is 4. The average Bonchev–Trinajstić information content (AvgIpc) is 2.41. The zero-order chi connectivity index (χ0) is 14.3. The van der Waals surface area contributed by atoms with Crippen LogP contribution in [0.25, 0.3) is 0 Å². The predicted molar refractivity (Wildman–Crippen MR) is 72.2 cm³/mol. The van der Waals surface area contributed by atoms with Gasteiger partial charge in [0.1, 0.15) is 5.75 Å². The highest BCUT2D eigenvalue weighted by Crippen LogP contribution is 2.22. The van der Waals surface area contributed by atoms with E-state index in [1.165, 1.54) is 0 Å². The van der Waals surface area contributed by atoms with Crippen LogP contribution in [0, 0.1) is 0 Å². The molecule has 0 radical (unpaired) electrons. The molecule has 0 fully saturated rings. The fourth-order valence-corrected chi connectivity index (χ4v) is 1.72. The van der Waals surface area contributed by atoms with E-state index in [1.807, 2.05) is 19.9 Å². The zero-order valence-electron chi connectivity index (χ0n) is 11.6. The summed E-state index contributed by atoms with van der Waals surface area (Å²) in [5.41, 5.74) is 0.929. The highest BCUT2D eigenvalue weighted by Gasteiger charge is 2.20. The minimum Gasteiger partial charge on any atom is -0.461 e. The van der Waals surface area contributed by atoms with Crippen LogP contribution in [-0.2, 0) is 9.53 Å². The number of halogens is 1. The van der Waals surface area contributed by atoms with Crippen LogP contribution in [0.5, 0.6) is 5.75 Å². The van der Waals surface area contributed by atoms with Crippen LogP contribution in [0.2, 0.25) is 0 Å². The van der Waals surface area contributed by atoms with Gasteiger partial charge in [-0.1, -0.05) is 6.07 Å². The second-order valence-corrected chi connectivity index (χ2v) is 3.86. The largest absolute Gasteiger partial charge is 0.461 e. The lowest BCUT2D eigenvalue weighted by Gasteiger charge is -2.21. The molecule has 1 aromatic rings. The molecule has 5 heteroatoms. The van der Waals surface area contributed by atoms with E-state index in [0.717, 1.165) is 18.8 Å². The number of hydrogen-bond donors (Lipinski definition) is 0. The summed E-state index contributed by atoms with van der Waals surface area (Å²) in [7, 11) is 0. The predicted octanol–water partition coefficient (Wildman–Crippen LogP) is 2.77. The van der Waals surface area contributed by atoms with Crippen LogP contribution in [0.1, 0.15) is 20.8 Å². The van der Waals surface area contributed by atoms with E-state index >= 15 is 0 Å². The first kappa shape index (κ1) is 15.3. The molecule has 0 aliphatic carbocycles. The van der Waals surface area contributed by atoms with Gasteiger partial charge in [-0.15, -0.1) is 0 Å². The van der Waals surface area contributed by atoms with E-state index in [2.05, 4.69) is 9.64 Å². The van der Waals surface area contributed by atoms with Gasteiger partial charge in [0.2, 0.25) is 0 Å². The van der Waals surface area contributed by atoms with Crippen molar-refractivity contribution in [2.24, 2.45) is 0 Å². The van der Waals surface area contributed by atoms with Crippen LogP contribution in [-0.4, -0.2) is 32.0 Å². The van der Waals surface area contributed by atoms with Gasteiger partial charge in [0.15, 0.2) is 0 Å². The number of ether oxygens (including phenoxy) is 2. The molecule has 4 nitrogen and oxygen atoms in total. The summed E-state index contributed by atoms with van der Waals surface area (Å²) in [5, 5.41) is 0. The number of anilines is 1. The quantitative estimate of drug-likeness (QED) is 0.713. The van der Waals surface area contributed by atoms with Gasteiger partial charge in [-0.2, -0.15) is 4.39 Å². The molecule has 0 amide bonds. The normalized spacial score (nSPS) is 11.8. The summed E-state index contributed by atoms with van der Waals surface area (Å²) in [5.74, 6) is -0.694. The number of esters is 1. The minimum absolute atomic E-state index is 0.127. The molecule has 19 heavy (non-hydrogen) atoms. The first-order valence-corrected chi connectivity index (χ1v) is 6.44. The maximum Gasteiger partial charge on any atom is 0.381 e. The summed E-state index contributed by atoms with van der Waals surface area (Å²) in [6.45, 7) is 7.50. The van der Waals surface area contributed by atoms with Crippen molar-refractivity contribution in [3.05, 3.63) is 24.3 Å². The summed E-state index contributed by atoms with van der Waals surface area (Å²) in [4.78, 5) is 13.2. The van der Waals surface area contributed by atoms with E-state index < -0.39 is 12.3 Å². The first-order valence-electron chi connectivity index (χ1n) is 6.44. The van der Waals surface area contributed by atoms with Gasteiger partial charge in [-0.3, -0.25) is 0 Å². The van der Waals surface area contributed by atoms with E-state index in [9.17, 15) is 9.18 Å². The molecule has 0 heterocycles. The van der Waals surface area contributed by atoms with Gasteiger partial charge in [-0.25, -0.2) is 4.79 Å². The fourth-order valence-electron chi connectivity index (χ4n) is 1.72. The van der Waals surface area contributed by atoms with Gasteiger partial charge in [0, 0.05) is 24.8 Å². The highest BCUT2D eigenvalue weighted by atomic mass is 19.1. The molecule has 0 saturated carbocycles. The third kappa shape index (κ3) is 4.43. The Labute approximate surface area is 113 Å². The summed E-state index contributed by atoms with van der Waals surface area (Å²) in [6.07, 6.45) is -2.09. The van der Waals surface area contributed by atoms with E-state index in [-0.39, 0.29) is 6.61 Å². The average molecular weight is 269 g/mol. The van der Waals surface area contributed by atoms with Crippen LogP contribution in [0.3, 0.4) is 0 Å². The van der Waals surface area contributed by atoms with Crippen LogP contribution >= 0.6 is 0 Å². The molecule has 1 rings (SSSR count). The molecule has 0 aromatic heterocycles. The lowest BCUT2D eigenvalue weighted by molar-refractivity contribution is -0.159.